The summed E-state index contributed by atoms with van der Waals surface area (Å²) in [5.74, 6) is 0.0366. The third kappa shape index (κ3) is 4.18. The van der Waals surface area contributed by atoms with E-state index in [1.807, 2.05) is 0 Å². The van der Waals surface area contributed by atoms with Gasteiger partial charge in [0.25, 0.3) is 11.6 Å². The molecule has 2 atom stereocenters. The molecular weight excluding hydrogens is 308 g/mol. The summed E-state index contributed by atoms with van der Waals surface area (Å²) in [5, 5.41) is 23.1. The van der Waals surface area contributed by atoms with Crippen LogP contribution in [0.25, 0.3) is 0 Å². The lowest BCUT2D eigenvalue weighted by atomic mass is 10.00. The van der Waals surface area contributed by atoms with Crippen molar-refractivity contribution < 1.29 is 14.8 Å². The number of hydrogen-bond donors (Lipinski definition) is 2. The Morgan fingerprint density at radius 3 is 2.82 bits per heavy atom. The number of carbonyl (C=O) groups excluding carboxylic acids is 1. The van der Waals surface area contributed by atoms with Gasteiger partial charge in [0, 0.05) is 18.2 Å². The average molecular weight is 327 g/mol. The molecule has 1 fully saturated rings. The molecule has 1 saturated carbocycles. The maximum Gasteiger partial charge on any atom is 0.287 e. The van der Waals surface area contributed by atoms with Crippen molar-refractivity contribution in [3.8, 4) is 0 Å². The summed E-state index contributed by atoms with van der Waals surface area (Å²) >= 11 is 5.78. The van der Waals surface area contributed by atoms with Gasteiger partial charge in [-0.05, 0) is 43.7 Å². The monoisotopic (exact) mass is 326 g/mol. The molecule has 120 valence electrons. The zero-order valence-electron chi connectivity index (χ0n) is 12.1. The number of nitrogens with zero attached hydrogens (tertiary/aromatic N) is 1. The zero-order chi connectivity index (χ0) is 16.1. The van der Waals surface area contributed by atoms with Crippen LogP contribution in [0, 0.1) is 16.0 Å². The standard InChI is InChI=1S/C15H19ClN2O4/c16-12-9-11(6-7-13(12)18(21)22)15(20)17-8-2-4-10-3-1-5-14(10)19/h6-7,9-10,14,19H,1-5,8H2,(H,17,20)/t10-,14+/m1/s1. The summed E-state index contributed by atoms with van der Waals surface area (Å²) in [6.07, 6.45) is 4.48. The minimum atomic E-state index is -0.586. The maximum atomic E-state index is 11.9. The van der Waals surface area contributed by atoms with E-state index in [0.717, 1.165) is 32.1 Å². The SMILES string of the molecule is O=C(NCCC[C@H]1CCC[C@@H]1O)c1ccc([N+](=O)[O-])c(Cl)c1. The first-order valence-corrected chi connectivity index (χ1v) is 7.77. The Labute approximate surface area is 133 Å². The Morgan fingerprint density at radius 1 is 1.45 bits per heavy atom. The van der Waals surface area contributed by atoms with Crippen molar-refractivity contribution in [2.75, 3.05) is 6.54 Å². The first kappa shape index (κ1) is 16.7. The van der Waals surface area contributed by atoms with Gasteiger partial charge < -0.3 is 10.4 Å². The highest BCUT2D eigenvalue weighted by Gasteiger charge is 2.24. The van der Waals surface area contributed by atoms with E-state index in [4.69, 9.17) is 11.6 Å². The van der Waals surface area contributed by atoms with E-state index < -0.39 is 4.92 Å². The molecule has 1 aliphatic rings. The molecular formula is C15H19ClN2O4. The summed E-state index contributed by atoms with van der Waals surface area (Å²) in [7, 11) is 0. The summed E-state index contributed by atoms with van der Waals surface area (Å²) in [4.78, 5) is 22.0. The lowest BCUT2D eigenvalue weighted by Crippen LogP contribution is -2.25. The van der Waals surface area contributed by atoms with Crippen LogP contribution in [0.1, 0.15) is 42.5 Å². The van der Waals surface area contributed by atoms with Crippen molar-refractivity contribution in [2.24, 2.45) is 5.92 Å². The summed E-state index contributed by atoms with van der Waals surface area (Å²) in [5.41, 5.74) is 0.0879. The smallest absolute Gasteiger partial charge is 0.287 e. The fourth-order valence-corrected chi connectivity index (χ4v) is 3.07. The van der Waals surface area contributed by atoms with Gasteiger partial charge in [0.1, 0.15) is 5.02 Å². The third-order valence-corrected chi connectivity index (χ3v) is 4.37. The number of nitro benzene ring substituents is 1. The second kappa shape index (κ2) is 7.56. The number of amides is 1. The molecule has 1 aliphatic carbocycles. The number of nitro groups is 1. The van der Waals surface area contributed by atoms with Gasteiger partial charge in [0.15, 0.2) is 0 Å². The molecule has 0 aliphatic heterocycles. The topological polar surface area (TPSA) is 92.5 Å². The van der Waals surface area contributed by atoms with Gasteiger partial charge >= 0.3 is 0 Å². The van der Waals surface area contributed by atoms with Gasteiger partial charge in [0.05, 0.1) is 11.0 Å². The first-order chi connectivity index (χ1) is 10.5. The summed E-state index contributed by atoms with van der Waals surface area (Å²) < 4.78 is 0. The molecule has 0 saturated heterocycles. The Hall–Kier alpha value is -1.66. The Bertz CT molecular complexity index is 564. The van der Waals surface area contributed by atoms with Crippen LogP contribution in [0.4, 0.5) is 5.69 Å². The van der Waals surface area contributed by atoms with Gasteiger partial charge in [-0.1, -0.05) is 18.0 Å². The van der Waals surface area contributed by atoms with Crippen molar-refractivity contribution in [1.82, 2.24) is 5.32 Å². The van der Waals surface area contributed by atoms with Crippen LogP contribution in [-0.2, 0) is 0 Å². The average Bonchev–Trinajstić information content (AvgIpc) is 2.88. The number of aliphatic hydroxyl groups is 1. The van der Waals surface area contributed by atoms with E-state index in [0.29, 0.717) is 18.0 Å². The van der Waals surface area contributed by atoms with Crippen LogP contribution < -0.4 is 5.32 Å². The van der Waals surface area contributed by atoms with Gasteiger partial charge in [-0.25, -0.2) is 0 Å². The molecule has 0 radical (unpaired) electrons. The molecule has 0 unspecified atom stereocenters. The molecule has 0 heterocycles. The Balaban J connectivity index is 1.80. The number of halogens is 1. The second-order valence-electron chi connectivity index (χ2n) is 5.58. The van der Waals surface area contributed by atoms with Gasteiger partial charge in [-0.15, -0.1) is 0 Å². The molecule has 0 spiro atoms. The minimum Gasteiger partial charge on any atom is -0.393 e. The van der Waals surface area contributed by atoms with Crippen LogP contribution in [-0.4, -0.2) is 28.6 Å². The maximum absolute atomic E-state index is 11.9. The van der Waals surface area contributed by atoms with E-state index in [-0.39, 0.29) is 22.7 Å². The van der Waals surface area contributed by atoms with Crippen LogP contribution in [0.5, 0.6) is 0 Å². The predicted octanol–water partition coefficient (Wildman–Crippen LogP) is 2.92. The number of benzene rings is 1. The van der Waals surface area contributed by atoms with Crippen molar-refractivity contribution in [1.29, 1.82) is 0 Å². The highest BCUT2D eigenvalue weighted by molar-refractivity contribution is 6.33. The molecule has 7 heteroatoms. The van der Waals surface area contributed by atoms with E-state index >= 15 is 0 Å². The Morgan fingerprint density at radius 2 is 2.23 bits per heavy atom. The van der Waals surface area contributed by atoms with Gasteiger partial charge in [-0.3, -0.25) is 14.9 Å². The predicted molar refractivity (Wildman–Crippen MR) is 83.0 cm³/mol. The lowest BCUT2D eigenvalue weighted by molar-refractivity contribution is -0.384. The quantitative estimate of drug-likeness (QED) is 0.477. The van der Waals surface area contributed by atoms with E-state index in [1.165, 1.54) is 18.2 Å². The fourth-order valence-electron chi connectivity index (χ4n) is 2.82. The first-order valence-electron chi connectivity index (χ1n) is 7.39. The van der Waals surface area contributed by atoms with Crippen molar-refractivity contribution in [3.05, 3.63) is 38.9 Å². The molecule has 2 N–H and O–H groups in total. The Kier molecular flexibility index (Phi) is 5.74. The van der Waals surface area contributed by atoms with E-state index in [1.54, 1.807) is 0 Å². The molecule has 1 aromatic carbocycles. The molecule has 6 nitrogen and oxygen atoms in total. The van der Waals surface area contributed by atoms with Crippen molar-refractivity contribution in [3.63, 3.8) is 0 Å². The number of hydrogen-bond acceptors (Lipinski definition) is 4. The van der Waals surface area contributed by atoms with Crippen LogP contribution in [0.2, 0.25) is 5.02 Å². The van der Waals surface area contributed by atoms with Crippen molar-refractivity contribution in [2.45, 2.75) is 38.2 Å². The number of rotatable bonds is 6. The largest absolute Gasteiger partial charge is 0.393 e. The second-order valence-corrected chi connectivity index (χ2v) is 5.99. The molecule has 1 amide bonds. The van der Waals surface area contributed by atoms with Gasteiger partial charge in [-0.2, -0.15) is 0 Å². The van der Waals surface area contributed by atoms with E-state index in [9.17, 15) is 20.0 Å². The molecule has 0 bridgehead atoms. The van der Waals surface area contributed by atoms with E-state index in [2.05, 4.69) is 5.32 Å². The molecule has 0 aromatic heterocycles. The van der Waals surface area contributed by atoms with Crippen LogP contribution >= 0.6 is 11.6 Å². The minimum absolute atomic E-state index is 0.0493. The normalized spacial score (nSPS) is 20.8. The highest BCUT2D eigenvalue weighted by atomic mass is 35.5. The number of nitrogens with one attached hydrogen (secondary N) is 1. The highest BCUT2D eigenvalue weighted by Crippen LogP contribution is 2.29. The number of aliphatic hydroxyl groups excluding tert-OH is 1. The fraction of sp³-hybridized carbons (Fsp3) is 0.533. The van der Waals surface area contributed by atoms with Crippen molar-refractivity contribution >= 4 is 23.2 Å². The third-order valence-electron chi connectivity index (χ3n) is 4.06. The van der Waals surface area contributed by atoms with Crippen LogP contribution in [0.15, 0.2) is 18.2 Å². The van der Waals surface area contributed by atoms with Crippen LogP contribution in [0.3, 0.4) is 0 Å². The zero-order valence-corrected chi connectivity index (χ0v) is 12.9. The van der Waals surface area contributed by atoms with Gasteiger partial charge in [0.2, 0.25) is 0 Å². The number of carbonyl (C=O) groups is 1. The molecule has 2 rings (SSSR count). The molecule has 1 aromatic rings. The lowest BCUT2D eigenvalue weighted by Gasteiger charge is -2.14. The summed E-state index contributed by atoms with van der Waals surface area (Å²) in [6, 6.07) is 3.92. The molecule has 22 heavy (non-hydrogen) atoms. The summed E-state index contributed by atoms with van der Waals surface area (Å²) in [6.45, 7) is 0.511.